The number of pyridine rings is 1. The topological polar surface area (TPSA) is 82.7 Å². The van der Waals surface area contributed by atoms with Crippen molar-refractivity contribution in [1.29, 1.82) is 0 Å². The van der Waals surface area contributed by atoms with Crippen molar-refractivity contribution in [2.45, 2.75) is 18.6 Å². The Labute approximate surface area is 160 Å². The van der Waals surface area contributed by atoms with Crippen molar-refractivity contribution in [3.63, 3.8) is 0 Å². The molecule has 0 spiro atoms. The largest absolute Gasteiger partial charge is 0.387 e. The molecule has 0 saturated carbocycles. The number of nitro groups is 1. The molecule has 1 unspecified atom stereocenters. The number of likely N-dealkylation sites (tertiary alicyclic amines) is 1. The fraction of sp³-hybridized carbons (Fsp3) is 0.389. The van der Waals surface area contributed by atoms with Gasteiger partial charge in [-0.1, -0.05) is 30.3 Å². The van der Waals surface area contributed by atoms with Gasteiger partial charge in [-0.05, 0) is 27.9 Å². The second kappa shape index (κ2) is 7.69. The van der Waals surface area contributed by atoms with E-state index in [1.807, 2.05) is 18.2 Å². The summed E-state index contributed by atoms with van der Waals surface area (Å²) in [5, 5.41) is 22.3. The van der Waals surface area contributed by atoms with Gasteiger partial charge in [0.1, 0.15) is 11.9 Å². The normalized spacial score (nSPS) is 20.3. The van der Waals surface area contributed by atoms with E-state index in [9.17, 15) is 15.2 Å². The lowest BCUT2D eigenvalue weighted by Gasteiger charge is -2.30. The average molecular weight is 421 g/mol. The molecule has 1 saturated heterocycles. The van der Waals surface area contributed by atoms with Gasteiger partial charge in [-0.15, -0.1) is 0 Å². The molecule has 0 amide bonds. The fourth-order valence-corrected chi connectivity index (χ4v) is 4.12. The van der Waals surface area contributed by atoms with Gasteiger partial charge >= 0.3 is 5.69 Å². The summed E-state index contributed by atoms with van der Waals surface area (Å²) in [6.45, 7) is 2.41. The zero-order chi connectivity index (χ0) is 18.7. The zero-order valence-corrected chi connectivity index (χ0v) is 16.1. The highest BCUT2D eigenvalue weighted by Crippen LogP contribution is 2.35. The molecule has 3 rings (SSSR count). The molecular formula is C18H21BrN4O3. The van der Waals surface area contributed by atoms with Crippen LogP contribution in [0.1, 0.15) is 12.0 Å². The SMILES string of the molecule is CN(CC1(O)CCN(Cc2ccccc2)C1)c1c(Br)cncc1[N+](=O)[O-]. The Bertz CT molecular complexity index is 789. The van der Waals surface area contributed by atoms with Crippen molar-refractivity contribution < 1.29 is 10.0 Å². The van der Waals surface area contributed by atoms with Crippen molar-refractivity contribution in [1.82, 2.24) is 9.88 Å². The molecule has 0 bridgehead atoms. The number of benzene rings is 1. The molecule has 1 atom stereocenters. The van der Waals surface area contributed by atoms with E-state index in [-0.39, 0.29) is 5.69 Å². The van der Waals surface area contributed by atoms with Gasteiger partial charge in [0.2, 0.25) is 0 Å². The number of nitrogens with zero attached hydrogens (tertiary/aromatic N) is 4. The second-order valence-electron chi connectivity index (χ2n) is 6.77. The number of likely N-dealkylation sites (N-methyl/N-ethyl adjacent to an activating group) is 1. The summed E-state index contributed by atoms with van der Waals surface area (Å²) in [5.74, 6) is 0. The first-order valence-electron chi connectivity index (χ1n) is 8.36. The molecular weight excluding hydrogens is 400 g/mol. The third-order valence-corrected chi connectivity index (χ3v) is 5.20. The molecule has 8 heteroatoms. The smallest absolute Gasteiger partial charge is 0.311 e. The third kappa shape index (κ3) is 4.20. The maximum atomic E-state index is 11.3. The summed E-state index contributed by atoms with van der Waals surface area (Å²) in [4.78, 5) is 18.7. The molecule has 7 nitrogen and oxygen atoms in total. The molecule has 26 heavy (non-hydrogen) atoms. The van der Waals surface area contributed by atoms with E-state index < -0.39 is 10.5 Å². The van der Waals surface area contributed by atoms with Gasteiger partial charge in [0.05, 0.1) is 15.0 Å². The second-order valence-corrected chi connectivity index (χ2v) is 7.63. The van der Waals surface area contributed by atoms with Gasteiger partial charge in [-0.2, -0.15) is 0 Å². The molecule has 1 N–H and O–H groups in total. The molecule has 1 fully saturated rings. The molecule has 1 aromatic heterocycles. The Hall–Kier alpha value is -2.03. The quantitative estimate of drug-likeness (QED) is 0.571. The van der Waals surface area contributed by atoms with E-state index in [0.717, 1.165) is 13.1 Å². The first-order chi connectivity index (χ1) is 12.4. The maximum absolute atomic E-state index is 11.3. The van der Waals surface area contributed by atoms with Crippen LogP contribution in [0.15, 0.2) is 47.2 Å². The summed E-state index contributed by atoms with van der Waals surface area (Å²) in [6.07, 6.45) is 3.39. The predicted octanol–water partition coefficient (Wildman–Crippen LogP) is 2.83. The van der Waals surface area contributed by atoms with E-state index in [1.54, 1.807) is 11.9 Å². The number of β-amino-alcohol motifs (C(OH)–C–C–N with tert-alkyl or cyclic N) is 1. The summed E-state index contributed by atoms with van der Waals surface area (Å²) < 4.78 is 0.539. The Morgan fingerprint density at radius 1 is 1.38 bits per heavy atom. The van der Waals surface area contributed by atoms with Crippen LogP contribution < -0.4 is 4.90 Å². The Morgan fingerprint density at radius 3 is 2.81 bits per heavy atom. The van der Waals surface area contributed by atoms with Gasteiger partial charge < -0.3 is 10.0 Å². The van der Waals surface area contributed by atoms with Gasteiger partial charge in [0.15, 0.2) is 0 Å². The minimum absolute atomic E-state index is 0.0791. The first kappa shape index (κ1) is 18.8. The van der Waals surface area contributed by atoms with Crippen LogP contribution in [0.4, 0.5) is 11.4 Å². The summed E-state index contributed by atoms with van der Waals surface area (Å²) in [7, 11) is 1.75. The molecule has 2 heterocycles. The highest BCUT2D eigenvalue weighted by Gasteiger charge is 2.38. The highest BCUT2D eigenvalue weighted by molar-refractivity contribution is 9.10. The number of aromatic nitrogens is 1. The van der Waals surface area contributed by atoms with Crippen LogP contribution >= 0.6 is 15.9 Å². The Morgan fingerprint density at radius 2 is 2.12 bits per heavy atom. The number of halogens is 1. The minimum atomic E-state index is -0.917. The van der Waals surface area contributed by atoms with E-state index in [4.69, 9.17) is 0 Å². The van der Waals surface area contributed by atoms with Crippen LogP contribution in [0.3, 0.4) is 0 Å². The Kier molecular flexibility index (Phi) is 5.55. The summed E-state index contributed by atoms with van der Waals surface area (Å²) >= 11 is 3.34. The standard InChI is InChI=1S/C18H21BrN4O3/c1-21(17-15(19)9-20-10-16(17)23(25)26)12-18(24)7-8-22(13-18)11-14-5-3-2-4-6-14/h2-6,9-10,24H,7-8,11-13H2,1H3. The van der Waals surface area contributed by atoms with Crippen LogP contribution in [0.25, 0.3) is 0 Å². The lowest BCUT2D eigenvalue weighted by molar-refractivity contribution is -0.384. The van der Waals surface area contributed by atoms with Gasteiger partial charge in [-0.3, -0.25) is 20.0 Å². The van der Waals surface area contributed by atoms with Crippen molar-refractivity contribution >= 4 is 27.3 Å². The fourth-order valence-electron chi connectivity index (χ4n) is 3.50. The average Bonchev–Trinajstić information content (AvgIpc) is 2.95. The predicted molar refractivity (Wildman–Crippen MR) is 103 cm³/mol. The molecule has 2 aromatic rings. The Balaban J connectivity index is 1.70. The number of aliphatic hydroxyl groups is 1. The molecule has 1 aliphatic heterocycles. The number of anilines is 1. The third-order valence-electron chi connectivity index (χ3n) is 4.62. The van der Waals surface area contributed by atoms with E-state index in [2.05, 4.69) is 37.9 Å². The maximum Gasteiger partial charge on any atom is 0.311 e. The van der Waals surface area contributed by atoms with Gasteiger partial charge in [0.25, 0.3) is 0 Å². The van der Waals surface area contributed by atoms with Crippen molar-refractivity contribution in [2.24, 2.45) is 0 Å². The van der Waals surface area contributed by atoms with E-state index >= 15 is 0 Å². The van der Waals surface area contributed by atoms with E-state index in [1.165, 1.54) is 18.0 Å². The summed E-state index contributed by atoms with van der Waals surface area (Å²) in [6, 6.07) is 10.1. The van der Waals surface area contributed by atoms with Crippen molar-refractivity contribution in [3.05, 3.63) is 62.9 Å². The lowest BCUT2D eigenvalue weighted by Crippen LogP contribution is -2.44. The molecule has 138 valence electrons. The van der Waals surface area contributed by atoms with E-state index in [0.29, 0.717) is 29.7 Å². The number of hydrogen-bond acceptors (Lipinski definition) is 6. The van der Waals surface area contributed by atoms with Gasteiger partial charge in [-0.25, -0.2) is 0 Å². The summed E-state index contributed by atoms with van der Waals surface area (Å²) in [5.41, 5.74) is 0.641. The molecule has 0 aliphatic carbocycles. The van der Waals surface area contributed by atoms with Gasteiger partial charge in [0, 0.05) is 39.4 Å². The van der Waals surface area contributed by atoms with Crippen LogP contribution in [-0.4, -0.2) is 52.2 Å². The molecule has 1 aliphatic rings. The number of hydrogen-bond donors (Lipinski definition) is 1. The van der Waals surface area contributed by atoms with Crippen molar-refractivity contribution in [3.8, 4) is 0 Å². The van der Waals surface area contributed by atoms with Crippen LogP contribution in [0.2, 0.25) is 0 Å². The lowest BCUT2D eigenvalue weighted by atomic mass is 10.0. The monoisotopic (exact) mass is 420 g/mol. The minimum Gasteiger partial charge on any atom is -0.387 e. The zero-order valence-electron chi connectivity index (χ0n) is 14.5. The molecule has 1 aromatic carbocycles. The van der Waals surface area contributed by atoms with Crippen LogP contribution in [-0.2, 0) is 6.54 Å². The highest BCUT2D eigenvalue weighted by atomic mass is 79.9. The van der Waals surface area contributed by atoms with Crippen LogP contribution in [0, 0.1) is 10.1 Å². The van der Waals surface area contributed by atoms with Crippen molar-refractivity contribution in [2.75, 3.05) is 31.6 Å². The first-order valence-corrected chi connectivity index (χ1v) is 9.15. The molecule has 0 radical (unpaired) electrons. The number of rotatable bonds is 6. The van der Waals surface area contributed by atoms with Crippen LogP contribution in [0.5, 0.6) is 0 Å².